The van der Waals surface area contributed by atoms with Crippen molar-refractivity contribution in [1.29, 1.82) is 0 Å². The van der Waals surface area contributed by atoms with E-state index < -0.39 is 10.0 Å². The second-order valence-corrected chi connectivity index (χ2v) is 8.49. The molecule has 1 heterocycles. The molecular formula is C17H26N2O3S. The lowest BCUT2D eigenvalue weighted by molar-refractivity contribution is -0.126. The summed E-state index contributed by atoms with van der Waals surface area (Å²) in [5.41, 5.74) is 3.54. The van der Waals surface area contributed by atoms with Gasteiger partial charge in [-0.2, -0.15) is 0 Å². The van der Waals surface area contributed by atoms with Gasteiger partial charge in [0.15, 0.2) is 0 Å². The normalized spacial score (nSPS) is 18.6. The molecule has 1 amide bonds. The van der Waals surface area contributed by atoms with Crippen LogP contribution in [0.25, 0.3) is 0 Å². The molecule has 1 saturated heterocycles. The molecule has 0 aliphatic carbocycles. The molecular weight excluding hydrogens is 312 g/mol. The molecule has 1 aliphatic rings. The minimum atomic E-state index is -3.15. The number of carbonyl (C=O) groups is 1. The van der Waals surface area contributed by atoms with Gasteiger partial charge in [-0.15, -0.1) is 0 Å². The van der Waals surface area contributed by atoms with Crippen LogP contribution >= 0.6 is 0 Å². The van der Waals surface area contributed by atoms with Crippen molar-refractivity contribution >= 4 is 15.9 Å². The molecule has 23 heavy (non-hydrogen) atoms. The molecule has 1 aliphatic heterocycles. The predicted molar refractivity (Wildman–Crippen MR) is 91.6 cm³/mol. The monoisotopic (exact) mass is 338 g/mol. The van der Waals surface area contributed by atoms with Gasteiger partial charge in [0.2, 0.25) is 15.9 Å². The summed E-state index contributed by atoms with van der Waals surface area (Å²) in [6.07, 6.45) is 2.38. The first-order chi connectivity index (χ1) is 10.7. The molecule has 0 aromatic heterocycles. The average molecular weight is 338 g/mol. The minimum Gasteiger partial charge on any atom is -0.349 e. The lowest BCUT2D eigenvalue weighted by atomic mass is 9.96. The van der Waals surface area contributed by atoms with Crippen molar-refractivity contribution in [3.05, 3.63) is 34.9 Å². The van der Waals surface area contributed by atoms with Gasteiger partial charge in [0, 0.05) is 19.0 Å². The highest BCUT2D eigenvalue weighted by Crippen LogP contribution is 2.22. The molecule has 1 aromatic rings. The van der Waals surface area contributed by atoms with Crippen LogP contribution in [-0.4, -0.2) is 38.0 Å². The van der Waals surface area contributed by atoms with Crippen LogP contribution in [0.1, 0.15) is 42.5 Å². The van der Waals surface area contributed by atoms with Crippen LogP contribution in [0.5, 0.6) is 0 Å². The van der Waals surface area contributed by atoms with Crippen molar-refractivity contribution in [2.75, 3.05) is 19.3 Å². The molecule has 2 rings (SSSR count). The number of nitrogens with one attached hydrogen (secondary N) is 1. The van der Waals surface area contributed by atoms with Crippen molar-refractivity contribution in [2.24, 2.45) is 5.92 Å². The maximum absolute atomic E-state index is 12.4. The molecule has 0 bridgehead atoms. The van der Waals surface area contributed by atoms with Gasteiger partial charge < -0.3 is 5.32 Å². The van der Waals surface area contributed by atoms with Crippen molar-refractivity contribution in [3.63, 3.8) is 0 Å². The first kappa shape index (κ1) is 17.9. The van der Waals surface area contributed by atoms with E-state index in [-0.39, 0.29) is 17.9 Å². The smallest absolute Gasteiger partial charge is 0.223 e. The third-order valence-corrected chi connectivity index (χ3v) is 5.99. The highest BCUT2D eigenvalue weighted by atomic mass is 32.2. The zero-order valence-electron chi connectivity index (χ0n) is 14.3. The van der Waals surface area contributed by atoms with E-state index in [4.69, 9.17) is 0 Å². The van der Waals surface area contributed by atoms with Crippen LogP contribution in [0, 0.1) is 19.8 Å². The number of sulfonamides is 1. The number of benzene rings is 1. The average Bonchev–Trinajstić information content (AvgIpc) is 2.49. The number of aryl methyl sites for hydroxylation is 2. The first-order valence-corrected chi connectivity index (χ1v) is 9.86. The summed E-state index contributed by atoms with van der Waals surface area (Å²) in [5, 5.41) is 3.06. The number of nitrogens with zero attached hydrogens (tertiary/aromatic N) is 1. The summed E-state index contributed by atoms with van der Waals surface area (Å²) in [7, 11) is -3.15. The Labute approximate surface area is 139 Å². The van der Waals surface area contributed by atoms with Crippen molar-refractivity contribution < 1.29 is 13.2 Å². The largest absolute Gasteiger partial charge is 0.349 e. The van der Waals surface area contributed by atoms with Gasteiger partial charge in [0.05, 0.1) is 12.3 Å². The van der Waals surface area contributed by atoms with Crippen molar-refractivity contribution in [2.45, 2.75) is 39.7 Å². The number of rotatable bonds is 4. The third-order valence-electron chi connectivity index (χ3n) is 4.68. The topological polar surface area (TPSA) is 66.5 Å². The molecule has 0 saturated carbocycles. The zero-order chi connectivity index (χ0) is 17.2. The van der Waals surface area contributed by atoms with Gasteiger partial charge in [-0.3, -0.25) is 4.79 Å². The van der Waals surface area contributed by atoms with Crippen LogP contribution in [0.3, 0.4) is 0 Å². The Balaban J connectivity index is 1.93. The van der Waals surface area contributed by atoms with Gasteiger partial charge in [0.1, 0.15) is 0 Å². The molecule has 0 radical (unpaired) electrons. The van der Waals surface area contributed by atoms with Crippen LogP contribution in [0.2, 0.25) is 0 Å². The number of hydrogen-bond acceptors (Lipinski definition) is 3. The summed E-state index contributed by atoms with van der Waals surface area (Å²) in [4.78, 5) is 12.4. The molecule has 5 nitrogen and oxygen atoms in total. The summed E-state index contributed by atoms with van der Waals surface area (Å²) < 4.78 is 24.5. The molecule has 6 heteroatoms. The highest BCUT2D eigenvalue weighted by Gasteiger charge is 2.29. The Morgan fingerprint density at radius 2 is 1.83 bits per heavy atom. The predicted octanol–water partition coefficient (Wildman–Crippen LogP) is 2.15. The molecule has 0 unspecified atom stereocenters. The molecule has 1 N–H and O–H groups in total. The Bertz CT molecular complexity index is 677. The van der Waals surface area contributed by atoms with Crippen LogP contribution in [0.15, 0.2) is 18.2 Å². The second-order valence-electron chi connectivity index (χ2n) is 6.51. The van der Waals surface area contributed by atoms with E-state index in [0.717, 1.165) is 5.56 Å². The molecule has 1 fully saturated rings. The highest BCUT2D eigenvalue weighted by molar-refractivity contribution is 7.88. The van der Waals surface area contributed by atoms with Gasteiger partial charge in [0.25, 0.3) is 0 Å². The SMILES string of the molecule is Cc1ccc([C@@H](C)NC(=O)C2CCN(S(C)(=O)=O)CC2)cc1C. The standard InChI is InChI=1S/C17H26N2O3S/c1-12-5-6-16(11-13(12)2)14(3)18-17(20)15-7-9-19(10-8-15)23(4,21)22/h5-6,11,14-15H,7-10H2,1-4H3,(H,18,20)/t14-/m1/s1. The second kappa shape index (κ2) is 7.01. The Morgan fingerprint density at radius 3 is 2.35 bits per heavy atom. The summed E-state index contributed by atoms with van der Waals surface area (Å²) >= 11 is 0. The summed E-state index contributed by atoms with van der Waals surface area (Å²) in [6.45, 7) is 6.96. The summed E-state index contributed by atoms with van der Waals surface area (Å²) in [5.74, 6) is -0.0918. The van der Waals surface area contributed by atoms with Gasteiger partial charge in [-0.05, 0) is 50.3 Å². The van der Waals surface area contributed by atoms with Gasteiger partial charge >= 0.3 is 0 Å². The number of hydrogen-bond donors (Lipinski definition) is 1. The minimum absolute atomic E-state index is 0.0175. The van der Waals surface area contributed by atoms with Gasteiger partial charge in [-0.1, -0.05) is 18.2 Å². The maximum Gasteiger partial charge on any atom is 0.223 e. The van der Waals surface area contributed by atoms with Crippen molar-refractivity contribution in [3.8, 4) is 0 Å². The van der Waals surface area contributed by atoms with Crippen LogP contribution < -0.4 is 5.32 Å². The molecule has 0 spiro atoms. The fourth-order valence-corrected chi connectivity index (χ4v) is 3.77. The molecule has 128 valence electrons. The third kappa shape index (κ3) is 4.54. The Kier molecular flexibility index (Phi) is 5.47. The first-order valence-electron chi connectivity index (χ1n) is 8.01. The molecule has 1 atom stereocenters. The number of piperidine rings is 1. The fraction of sp³-hybridized carbons (Fsp3) is 0.588. The maximum atomic E-state index is 12.4. The Morgan fingerprint density at radius 1 is 1.22 bits per heavy atom. The van der Waals surface area contributed by atoms with Crippen LogP contribution in [-0.2, 0) is 14.8 Å². The molecule has 1 aromatic carbocycles. The Hall–Kier alpha value is -1.40. The van der Waals surface area contributed by atoms with E-state index in [0.29, 0.717) is 25.9 Å². The lowest BCUT2D eigenvalue weighted by Gasteiger charge is -2.30. The van der Waals surface area contributed by atoms with E-state index >= 15 is 0 Å². The fourth-order valence-electron chi connectivity index (χ4n) is 2.90. The van der Waals surface area contributed by atoms with E-state index in [1.807, 2.05) is 13.0 Å². The number of amides is 1. The van der Waals surface area contributed by atoms with E-state index in [1.165, 1.54) is 21.7 Å². The number of carbonyl (C=O) groups excluding carboxylic acids is 1. The zero-order valence-corrected chi connectivity index (χ0v) is 15.1. The lowest BCUT2D eigenvalue weighted by Crippen LogP contribution is -2.43. The van der Waals surface area contributed by atoms with Gasteiger partial charge in [-0.25, -0.2) is 12.7 Å². The quantitative estimate of drug-likeness (QED) is 0.915. The summed E-state index contributed by atoms with van der Waals surface area (Å²) in [6, 6.07) is 6.17. The van der Waals surface area contributed by atoms with E-state index in [1.54, 1.807) is 0 Å². The van der Waals surface area contributed by atoms with Crippen molar-refractivity contribution in [1.82, 2.24) is 9.62 Å². The van der Waals surface area contributed by atoms with Crippen LogP contribution in [0.4, 0.5) is 0 Å². The van der Waals surface area contributed by atoms with E-state index in [2.05, 4.69) is 31.3 Å². The van der Waals surface area contributed by atoms with E-state index in [9.17, 15) is 13.2 Å².